The number of Topliss-reactive ketones (excluding diaryl/α,β-unsaturated/α-hetero) is 1. The molecule has 0 atom stereocenters. The number of hydrogen-bond donors (Lipinski definition) is 2. The van der Waals surface area contributed by atoms with E-state index >= 15 is 0 Å². The lowest BCUT2D eigenvalue weighted by Gasteiger charge is -2.07. The molecule has 2 heterocycles. The molecule has 25 heavy (non-hydrogen) atoms. The molecule has 0 spiro atoms. The van der Waals surface area contributed by atoms with Crippen LogP contribution in [0.1, 0.15) is 46.7 Å². The summed E-state index contributed by atoms with van der Waals surface area (Å²) in [6, 6.07) is 9.27. The summed E-state index contributed by atoms with van der Waals surface area (Å²) in [7, 11) is 0. The normalized spacial score (nSPS) is 13.6. The maximum absolute atomic E-state index is 12.3. The standard InChI is InChI=1S/C17H16N6O2/c1-10(24)12-8-15(18-9-12)17(25)19-13-4-2-3-11(7-13)16-20-21-22-23(16)14-5-6-14/h2-4,7-9,14,18H,5-6H2,1H3,(H,19,25). The number of H-pyrrole nitrogens is 1. The van der Waals surface area contributed by atoms with Crippen molar-refractivity contribution in [3.8, 4) is 11.4 Å². The number of tetrazole rings is 1. The fraction of sp³-hybridized carbons (Fsp3) is 0.235. The third-order valence-corrected chi connectivity index (χ3v) is 4.10. The average Bonchev–Trinajstić information content (AvgIpc) is 3.13. The van der Waals surface area contributed by atoms with Crippen molar-refractivity contribution in [2.24, 2.45) is 0 Å². The largest absolute Gasteiger partial charge is 0.356 e. The summed E-state index contributed by atoms with van der Waals surface area (Å²) in [5, 5.41) is 14.7. The van der Waals surface area contributed by atoms with Crippen LogP contribution in [-0.2, 0) is 0 Å². The molecule has 0 unspecified atom stereocenters. The van der Waals surface area contributed by atoms with E-state index in [2.05, 4.69) is 25.8 Å². The topological polar surface area (TPSA) is 106 Å². The number of anilines is 1. The molecule has 1 aliphatic rings. The van der Waals surface area contributed by atoms with E-state index in [-0.39, 0.29) is 11.7 Å². The van der Waals surface area contributed by atoms with Crippen LogP contribution in [0.5, 0.6) is 0 Å². The summed E-state index contributed by atoms with van der Waals surface area (Å²) < 4.78 is 1.82. The van der Waals surface area contributed by atoms with Gasteiger partial charge in [-0.25, -0.2) is 4.68 Å². The molecule has 0 radical (unpaired) electrons. The first kappa shape index (κ1) is 15.3. The Bertz CT molecular complexity index is 953. The van der Waals surface area contributed by atoms with Crippen molar-refractivity contribution in [3.63, 3.8) is 0 Å². The number of nitrogens with one attached hydrogen (secondary N) is 2. The predicted molar refractivity (Wildman–Crippen MR) is 90.3 cm³/mol. The van der Waals surface area contributed by atoms with Crippen LogP contribution in [0.15, 0.2) is 36.5 Å². The van der Waals surface area contributed by atoms with Gasteiger partial charge in [-0.1, -0.05) is 12.1 Å². The van der Waals surface area contributed by atoms with Crippen LogP contribution in [0.2, 0.25) is 0 Å². The smallest absolute Gasteiger partial charge is 0.272 e. The van der Waals surface area contributed by atoms with Gasteiger partial charge in [0, 0.05) is 23.0 Å². The van der Waals surface area contributed by atoms with Crippen molar-refractivity contribution >= 4 is 17.4 Å². The highest BCUT2D eigenvalue weighted by atomic mass is 16.2. The fourth-order valence-electron chi connectivity index (χ4n) is 2.61. The SMILES string of the molecule is CC(=O)c1c[nH]c(C(=O)Nc2cccc(-c3nnnn3C3CC3)c2)c1. The number of amides is 1. The summed E-state index contributed by atoms with van der Waals surface area (Å²) in [5.74, 6) is 0.285. The molecule has 4 rings (SSSR count). The molecule has 1 amide bonds. The van der Waals surface area contributed by atoms with E-state index in [4.69, 9.17) is 0 Å². The number of carbonyl (C=O) groups is 2. The Morgan fingerprint density at radius 2 is 2.12 bits per heavy atom. The summed E-state index contributed by atoms with van der Waals surface area (Å²) in [6.45, 7) is 1.46. The molecule has 1 saturated carbocycles. The molecule has 0 saturated heterocycles. The van der Waals surface area contributed by atoms with Gasteiger partial charge >= 0.3 is 0 Å². The van der Waals surface area contributed by atoms with Crippen LogP contribution in [0, 0.1) is 0 Å². The van der Waals surface area contributed by atoms with Crippen LogP contribution < -0.4 is 5.32 Å². The van der Waals surface area contributed by atoms with Crippen LogP contribution in [0.25, 0.3) is 11.4 Å². The predicted octanol–water partition coefficient (Wildman–Crippen LogP) is 2.46. The quantitative estimate of drug-likeness (QED) is 0.696. The van der Waals surface area contributed by atoms with Gasteiger partial charge in [-0.05, 0) is 48.4 Å². The molecule has 1 aliphatic carbocycles. The Kier molecular flexibility index (Phi) is 3.64. The summed E-state index contributed by atoms with van der Waals surface area (Å²) in [6.07, 6.45) is 3.69. The van der Waals surface area contributed by atoms with E-state index in [0.717, 1.165) is 18.4 Å². The number of aromatic amines is 1. The van der Waals surface area contributed by atoms with Gasteiger partial charge in [0.15, 0.2) is 11.6 Å². The van der Waals surface area contributed by atoms with Crippen LogP contribution in [-0.4, -0.2) is 36.9 Å². The van der Waals surface area contributed by atoms with Crippen molar-refractivity contribution < 1.29 is 9.59 Å². The Balaban J connectivity index is 1.55. The van der Waals surface area contributed by atoms with Crippen molar-refractivity contribution in [2.75, 3.05) is 5.32 Å². The zero-order chi connectivity index (χ0) is 17.4. The first-order valence-corrected chi connectivity index (χ1v) is 8.01. The summed E-state index contributed by atoms with van der Waals surface area (Å²) in [5.41, 5.74) is 2.28. The molecule has 0 bridgehead atoms. The molecule has 0 aliphatic heterocycles. The zero-order valence-electron chi connectivity index (χ0n) is 13.6. The van der Waals surface area contributed by atoms with Crippen molar-refractivity contribution in [3.05, 3.63) is 47.8 Å². The second kappa shape index (κ2) is 5.97. The van der Waals surface area contributed by atoms with Crippen LogP contribution in [0.3, 0.4) is 0 Å². The number of benzene rings is 1. The van der Waals surface area contributed by atoms with Crippen LogP contribution >= 0.6 is 0 Å². The number of nitrogens with zero attached hydrogens (tertiary/aromatic N) is 4. The Labute approximate surface area is 143 Å². The Hall–Kier alpha value is -3.29. The third-order valence-electron chi connectivity index (χ3n) is 4.10. The van der Waals surface area contributed by atoms with E-state index in [1.54, 1.807) is 6.07 Å². The van der Waals surface area contributed by atoms with Crippen molar-refractivity contribution in [2.45, 2.75) is 25.8 Å². The lowest BCUT2D eigenvalue weighted by atomic mass is 10.2. The van der Waals surface area contributed by atoms with Crippen LogP contribution in [0.4, 0.5) is 5.69 Å². The average molecular weight is 336 g/mol. The van der Waals surface area contributed by atoms with E-state index in [9.17, 15) is 9.59 Å². The minimum atomic E-state index is -0.313. The lowest BCUT2D eigenvalue weighted by Crippen LogP contribution is -2.12. The maximum atomic E-state index is 12.3. The number of ketones is 1. The van der Waals surface area contributed by atoms with Gasteiger partial charge in [-0.3, -0.25) is 9.59 Å². The Morgan fingerprint density at radius 3 is 2.84 bits per heavy atom. The monoisotopic (exact) mass is 336 g/mol. The van der Waals surface area contributed by atoms with E-state index in [1.165, 1.54) is 19.2 Å². The molecule has 1 aromatic carbocycles. The van der Waals surface area contributed by atoms with E-state index < -0.39 is 0 Å². The molecular weight excluding hydrogens is 320 g/mol. The number of rotatable bonds is 5. The van der Waals surface area contributed by atoms with Gasteiger partial charge in [0.1, 0.15) is 5.69 Å². The van der Waals surface area contributed by atoms with Crippen molar-refractivity contribution in [1.82, 2.24) is 25.2 Å². The second-order valence-electron chi connectivity index (χ2n) is 6.07. The number of hydrogen-bond acceptors (Lipinski definition) is 5. The van der Waals surface area contributed by atoms with Gasteiger partial charge in [-0.2, -0.15) is 0 Å². The van der Waals surface area contributed by atoms with E-state index in [0.29, 0.717) is 28.8 Å². The molecule has 1 fully saturated rings. The zero-order valence-corrected chi connectivity index (χ0v) is 13.6. The molecule has 8 nitrogen and oxygen atoms in total. The highest BCUT2D eigenvalue weighted by Crippen LogP contribution is 2.36. The summed E-state index contributed by atoms with van der Waals surface area (Å²) in [4.78, 5) is 26.5. The molecule has 126 valence electrons. The lowest BCUT2D eigenvalue weighted by molar-refractivity contribution is 0.101. The third kappa shape index (κ3) is 3.06. The maximum Gasteiger partial charge on any atom is 0.272 e. The van der Waals surface area contributed by atoms with E-state index in [1.807, 2.05) is 22.9 Å². The fourth-order valence-corrected chi connectivity index (χ4v) is 2.61. The molecule has 2 aromatic heterocycles. The summed E-state index contributed by atoms with van der Waals surface area (Å²) >= 11 is 0. The van der Waals surface area contributed by atoms with Gasteiger partial charge in [0.25, 0.3) is 5.91 Å². The van der Waals surface area contributed by atoms with Crippen molar-refractivity contribution in [1.29, 1.82) is 0 Å². The molecule has 2 N–H and O–H groups in total. The van der Waals surface area contributed by atoms with Gasteiger partial charge in [0.2, 0.25) is 0 Å². The highest BCUT2D eigenvalue weighted by molar-refractivity contribution is 6.05. The number of aromatic nitrogens is 5. The molecule has 8 heteroatoms. The minimum Gasteiger partial charge on any atom is -0.356 e. The van der Waals surface area contributed by atoms with Gasteiger partial charge in [0.05, 0.1) is 6.04 Å². The second-order valence-corrected chi connectivity index (χ2v) is 6.07. The highest BCUT2D eigenvalue weighted by Gasteiger charge is 2.28. The minimum absolute atomic E-state index is 0.0933. The molecular formula is C17H16N6O2. The molecule has 3 aromatic rings. The van der Waals surface area contributed by atoms with Gasteiger partial charge in [-0.15, -0.1) is 5.10 Å². The Morgan fingerprint density at radius 1 is 1.28 bits per heavy atom. The van der Waals surface area contributed by atoms with Gasteiger partial charge < -0.3 is 10.3 Å². The number of carbonyl (C=O) groups excluding carboxylic acids is 2. The first-order valence-electron chi connectivity index (χ1n) is 8.01. The first-order chi connectivity index (χ1) is 12.1.